The molecule has 24 heavy (non-hydrogen) atoms. The van der Waals surface area contributed by atoms with E-state index in [9.17, 15) is 4.79 Å². The van der Waals surface area contributed by atoms with E-state index in [1.54, 1.807) is 0 Å². The van der Waals surface area contributed by atoms with Crippen LogP contribution in [0.4, 0.5) is 0 Å². The standard InChI is InChI=1S/C18H32N2O4/c1-4-24-15-13-14(18(15)5-9-22-10-6-18)19-16(21)17(2,3)20-7-11-23-12-8-20/h14-15H,4-13H2,1-3H3,(H,19,21)/t14-,15+/m0/s1. The normalized spacial score (nSPS) is 30.8. The van der Waals surface area contributed by atoms with Gasteiger partial charge in [0.1, 0.15) is 0 Å². The van der Waals surface area contributed by atoms with E-state index in [1.807, 2.05) is 20.8 Å². The van der Waals surface area contributed by atoms with Crippen molar-refractivity contribution in [2.24, 2.45) is 5.41 Å². The van der Waals surface area contributed by atoms with Crippen LogP contribution in [0.2, 0.25) is 0 Å². The molecule has 138 valence electrons. The zero-order chi connectivity index (χ0) is 17.2. The van der Waals surface area contributed by atoms with Crippen molar-refractivity contribution in [1.82, 2.24) is 10.2 Å². The number of morpholine rings is 1. The molecule has 0 bridgehead atoms. The van der Waals surface area contributed by atoms with Crippen LogP contribution < -0.4 is 5.32 Å². The summed E-state index contributed by atoms with van der Waals surface area (Å²) in [5, 5.41) is 3.35. The minimum absolute atomic E-state index is 0.0605. The topological polar surface area (TPSA) is 60.0 Å². The number of nitrogens with one attached hydrogen (secondary N) is 1. The number of rotatable bonds is 5. The lowest BCUT2D eigenvalue weighted by Crippen LogP contribution is -2.69. The highest BCUT2D eigenvalue weighted by molar-refractivity contribution is 5.86. The Labute approximate surface area is 145 Å². The molecule has 3 fully saturated rings. The fraction of sp³-hybridized carbons (Fsp3) is 0.944. The van der Waals surface area contributed by atoms with Crippen LogP contribution in [0.5, 0.6) is 0 Å². The van der Waals surface area contributed by atoms with Crippen molar-refractivity contribution in [3.8, 4) is 0 Å². The molecule has 0 aromatic rings. The van der Waals surface area contributed by atoms with Gasteiger partial charge in [0, 0.05) is 44.4 Å². The summed E-state index contributed by atoms with van der Waals surface area (Å²) in [5.74, 6) is 0.121. The Bertz CT molecular complexity index is 442. The van der Waals surface area contributed by atoms with E-state index in [0.717, 1.165) is 52.2 Å². The summed E-state index contributed by atoms with van der Waals surface area (Å²) in [6.45, 7) is 11.4. The summed E-state index contributed by atoms with van der Waals surface area (Å²) in [6, 6.07) is 0.200. The molecule has 1 aliphatic carbocycles. The molecule has 2 atom stereocenters. The van der Waals surface area contributed by atoms with Gasteiger partial charge in [-0.2, -0.15) is 0 Å². The van der Waals surface area contributed by atoms with Crippen molar-refractivity contribution < 1.29 is 19.0 Å². The lowest BCUT2D eigenvalue weighted by atomic mass is 9.57. The van der Waals surface area contributed by atoms with Crippen molar-refractivity contribution in [1.29, 1.82) is 0 Å². The van der Waals surface area contributed by atoms with Gasteiger partial charge in [-0.1, -0.05) is 0 Å². The molecule has 2 saturated heterocycles. The maximum atomic E-state index is 13.0. The van der Waals surface area contributed by atoms with E-state index < -0.39 is 5.54 Å². The third kappa shape index (κ3) is 3.21. The fourth-order valence-corrected chi connectivity index (χ4v) is 4.41. The van der Waals surface area contributed by atoms with Gasteiger partial charge < -0.3 is 19.5 Å². The Hall–Kier alpha value is -0.690. The molecule has 3 rings (SSSR count). The average Bonchev–Trinajstić information content (AvgIpc) is 2.62. The fourth-order valence-electron chi connectivity index (χ4n) is 4.41. The molecule has 0 unspecified atom stereocenters. The van der Waals surface area contributed by atoms with E-state index in [1.165, 1.54) is 0 Å². The zero-order valence-corrected chi connectivity index (χ0v) is 15.3. The second-order valence-corrected chi connectivity index (χ2v) is 7.71. The Morgan fingerprint density at radius 2 is 1.83 bits per heavy atom. The van der Waals surface area contributed by atoms with Gasteiger partial charge in [-0.05, 0) is 40.0 Å². The molecule has 1 spiro atoms. The van der Waals surface area contributed by atoms with Crippen LogP contribution in [0.25, 0.3) is 0 Å². The average molecular weight is 340 g/mol. The van der Waals surface area contributed by atoms with Crippen LogP contribution in [0.15, 0.2) is 0 Å². The highest BCUT2D eigenvalue weighted by Crippen LogP contribution is 2.50. The minimum Gasteiger partial charge on any atom is -0.381 e. The molecular weight excluding hydrogens is 308 g/mol. The third-order valence-electron chi connectivity index (χ3n) is 6.24. The summed E-state index contributed by atoms with van der Waals surface area (Å²) in [7, 11) is 0. The number of hydrogen-bond donors (Lipinski definition) is 1. The van der Waals surface area contributed by atoms with E-state index >= 15 is 0 Å². The summed E-state index contributed by atoms with van der Waals surface area (Å²) in [4.78, 5) is 15.2. The maximum Gasteiger partial charge on any atom is 0.240 e. The maximum absolute atomic E-state index is 13.0. The molecule has 2 aliphatic heterocycles. The molecule has 3 aliphatic rings. The number of carbonyl (C=O) groups is 1. The Balaban J connectivity index is 1.64. The summed E-state index contributed by atoms with van der Waals surface area (Å²) >= 11 is 0. The van der Waals surface area contributed by atoms with Gasteiger partial charge in [0.25, 0.3) is 0 Å². The Morgan fingerprint density at radius 3 is 2.46 bits per heavy atom. The zero-order valence-electron chi connectivity index (χ0n) is 15.3. The monoisotopic (exact) mass is 340 g/mol. The van der Waals surface area contributed by atoms with Gasteiger partial charge in [0.2, 0.25) is 5.91 Å². The number of amides is 1. The molecule has 1 saturated carbocycles. The van der Waals surface area contributed by atoms with Gasteiger partial charge in [0.05, 0.1) is 24.9 Å². The predicted octanol–water partition coefficient (Wildman–Crippen LogP) is 1.19. The van der Waals surface area contributed by atoms with Gasteiger partial charge in [-0.25, -0.2) is 0 Å². The smallest absolute Gasteiger partial charge is 0.240 e. The van der Waals surface area contributed by atoms with Crippen molar-refractivity contribution >= 4 is 5.91 Å². The van der Waals surface area contributed by atoms with Crippen LogP contribution in [-0.4, -0.2) is 74.6 Å². The molecule has 0 aromatic carbocycles. The molecule has 2 heterocycles. The molecule has 0 radical (unpaired) electrons. The van der Waals surface area contributed by atoms with E-state index in [4.69, 9.17) is 14.2 Å². The first-order valence-electron chi connectivity index (χ1n) is 9.34. The second-order valence-electron chi connectivity index (χ2n) is 7.71. The highest BCUT2D eigenvalue weighted by atomic mass is 16.5. The first kappa shape index (κ1) is 18.1. The number of carbonyl (C=O) groups excluding carboxylic acids is 1. The van der Waals surface area contributed by atoms with Crippen LogP contribution in [-0.2, 0) is 19.0 Å². The van der Waals surface area contributed by atoms with Crippen molar-refractivity contribution in [3.63, 3.8) is 0 Å². The second kappa shape index (κ2) is 7.28. The van der Waals surface area contributed by atoms with Crippen LogP contribution in [0.1, 0.15) is 40.0 Å². The molecular formula is C18H32N2O4. The molecule has 6 heteroatoms. The van der Waals surface area contributed by atoms with E-state index in [-0.39, 0.29) is 23.5 Å². The Morgan fingerprint density at radius 1 is 1.21 bits per heavy atom. The molecule has 1 N–H and O–H groups in total. The summed E-state index contributed by atoms with van der Waals surface area (Å²) in [6.07, 6.45) is 3.11. The lowest BCUT2D eigenvalue weighted by molar-refractivity contribution is -0.178. The molecule has 1 amide bonds. The summed E-state index contributed by atoms with van der Waals surface area (Å²) in [5.41, 5.74) is -0.447. The van der Waals surface area contributed by atoms with Crippen molar-refractivity contribution in [2.75, 3.05) is 46.1 Å². The number of hydrogen-bond acceptors (Lipinski definition) is 5. The van der Waals surface area contributed by atoms with Gasteiger partial charge in [0.15, 0.2) is 0 Å². The third-order valence-corrected chi connectivity index (χ3v) is 6.24. The number of ether oxygens (including phenoxy) is 3. The first-order chi connectivity index (χ1) is 11.5. The molecule has 6 nitrogen and oxygen atoms in total. The van der Waals surface area contributed by atoms with Gasteiger partial charge in [-0.3, -0.25) is 9.69 Å². The largest absolute Gasteiger partial charge is 0.381 e. The van der Waals surface area contributed by atoms with E-state index in [0.29, 0.717) is 13.2 Å². The predicted molar refractivity (Wildman–Crippen MR) is 90.9 cm³/mol. The van der Waals surface area contributed by atoms with Crippen molar-refractivity contribution in [2.45, 2.75) is 57.7 Å². The SMILES string of the molecule is CCO[C@@H]1C[C@H](NC(=O)C(C)(C)N2CCOCC2)C12CCOCC2. The van der Waals surface area contributed by atoms with E-state index in [2.05, 4.69) is 10.2 Å². The van der Waals surface area contributed by atoms with Crippen LogP contribution >= 0.6 is 0 Å². The quantitative estimate of drug-likeness (QED) is 0.815. The van der Waals surface area contributed by atoms with Crippen LogP contribution in [0, 0.1) is 5.41 Å². The highest BCUT2D eigenvalue weighted by Gasteiger charge is 2.57. The lowest BCUT2D eigenvalue weighted by Gasteiger charge is -2.58. The van der Waals surface area contributed by atoms with Gasteiger partial charge >= 0.3 is 0 Å². The summed E-state index contributed by atoms with van der Waals surface area (Å²) < 4.78 is 16.9. The Kier molecular flexibility index (Phi) is 5.49. The first-order valence-corrected chi connectivity index (χ1v) is 9.34. The van der Waals surface area contributed by atoms with Crippen molar-refractivity contribution in [3.05, 3.63) is 0 Å². The van der Waals surface area contributed by atoms with Crippen LogP contribution in [0.3, 0.4) is 0 Å². The molecule has 0 aromatic heterocycles. The minimum atomic E-state index is -0.507. The number of nitrogens with zero attached hydrogens (tertiary/aromatic N) is 1. The van der Waals surface area contributed by atoms with Gasteiger partial charge in [-0.15, -0.1) is 0 Å².